The minimum Gasteiger partial charge on any atom is -0.466 e. The van der Waals surface area contributed by atoms with Crippen molar-refractivity contribution in [2.24, 2.45) is 0 Å². The highest BCUT2D eigenvalue weighted by Crippen LogP contribution is 2.21. The molecular formula is C18H23N3O3. The standard InChI is InChI=1S/C18H23N3O3/c1-4-14-8-6-7-13(3)17(14)21-18(23)15(11-19)12-20-10-9-16(22)24-5-2/h6-8,12,20H,4-5,9-10H2,1-3H3,(H,21,23)/b15-12-. The van der Waals surface area contributed by atoms with Gasteiger partial charge in [-0.15, -0.1) is 0 Å². The zero-order chi connectivity index (χ0) is 17.9. The number of anilines is 1. The Morgan fingerprint density at radius 3 is 2.71 bits per heavy atom. The van der Waals surface area contributed by atoms with E-state index in [1.54, 1.807) is 6.92 Å². The Kier molecular flexibility index (Phi) is 8.06. The number of benzene rings is 1. The van der Waals surface area contributed by atoms with E-state index < -0.39 is 5.91 Å². The second-order valence-electron chi connectivity index (χ2n) is 5.10. The Morgan fingerprint density at radius 1 is 1.33 bits per heavy atom. The molecule has 0 heterocycles. The maximum Gasteiger partial charge on any atom is 0.307 e. The minimum atomic E-state index is -0.481. The Labute approximate surface area is 142 Å². The van der Waals surface area contributed by atoms with Gasteiger partial charge in [-0.25, -0.2) is 0 Å². The topological polar surface area (TPSA) is 91.2 Å². The number of hydrogen-bond donors (Lipinski definition) is 2. The largest absolute Gasteiger partial charge is 0.466 e. The molecule has 1 amide bonds. The number of ether oxygens (including phenoxy) is 1. The van der Waals surface area contributed by atoms with Crippen LogP contribution in [0.15, 0.2) is 30.0 Å². The Morgan fingerprint density at radius 2 is 2.08 bits per heavy atom. The summed E-state index contributed by atoms with van der Waals surface area (Å²) < 4.78 is 4.80. The lowest BCUT2D eigenvalue weighted by atomic mass is 10.1. The number of nitrogens with zero attached hydrogens (tertiary/aromatic N) is 1. The molecule has 0 radical (unpaired) electrons. The number of nitrogens with one attached hydrogen (secondary N) is 2. The maximum atomic E-state index is 12.3. The average Bonchev–Trinajstić information content (AvgIpc) is 2.56. The molecule has 1 aromatic carbocycles. The van der Waals surface area contributed by atoms with E-state index in [1.807, 2.05) is 38.1 Å². The van der Waals surface area contributed by atoms with Gasteiger partial charge in [0.1, 0.15) is 11.6 Å². The fourth-order valence-corrected chi connectivity index (χ4v) is 2.11. The van der Waals surface area contributed by atoms with Gasteiger partial charge in [-0.3, -0.25) is 9.59 Å². The summed E-state index contributed by atoms with van der Waals surface area (Å²) in [4.78, 5) is 23.5. The van der Waals surface area contributed by atoms with Crippen molar-refractivity contribution in [1.29, 1.82) is 5.26 Å². The van der Waals surface area contributed by atoms with Gasteiger partial charge in [0.25, 0.3) is 5.91 Å². The monoisotopic (exact) mass is 329 g/mol. The van der Waals surface area contributed by atoms with Crippen LogP contribution in [0, 0.1) is 18.3 Å². The van der Waals surface area contributed by atoms with Crippen LogP contribution < -0.4 is 10.6 Å². The summed E-state index contributed by atoms with van der Waals surface area (Å²) in [6, 6.07) is 7.64. The van der Waals surface area contributed by atoms with Gasteiger partial charge in [-0.1, -0.05) is 25.1 Å². The van der Waals surface area contributed by atoms with Gasteiger partial charge in [0.15, 0.2) is 0 Å². The Hall–Kier alpha value is -2.81. The number of nitriles is 1. The van der Waals surface area contributed by atoms with Crippen LogP contribution >= 0.6 is 0 Å². The van der Waals surface area contributed by atoms with Gasteiger partial charge >= 0.3 is 5.97 Å². The van der Waals surface area contributed by atoms with Gasteiger partial charge in [-0.05, 0) is 31.4 Å². The first-order valence-electron chi connectivity index (χ1n) is 7.92. The molecule has 0 aliphatic heterocycles. The van der Waals surface area contributed by atoms with Crippen molar-refractivity contribution >= 4 is 17.6 Å². The molecule has 0 bridgehead atoms. The zero-order valence-electron chi connectivity index (χ0n) is 14.3. The van der Waals surface area contributed by atoms with E-state index in [0.29, 0.717) is 13.2 Å². The number of hydrogen-bond acceptors (Lipinski definition) is 5. The second kappa shape index (κ2) is 10.1. The molecule has 6 nitrogen and oxygen atoms in total. The number of aryl methyl sites for hydroxylation is 2. The summed E-state index contributed by atoms with van der Waals surface area (Å²) in [5.41, 5.74) is 2.63. The van der Waals surface area contributed by atoms with Crippen molar-refractivity contribution < 1.29 is 14.3 Å². The minimum absolute atomic E-state index is 0.0517. The fourth-order valence-electron chi connectivity index (χ4n) is 2.11. The van der Waals surface area contributed by atoms with Gasteiger partial charge in [-0.2, -0.15) is 5.26 Å². The van der Waals surface area contributed by atoms with Crippen LogP contribution in [0.4, 0.5) is 5.69 Å². The normalized spacial score (nSPS) is 10.7. The van der Waals surface area contributed by atoms with Gasteiger partial charge in [0, 0.05) is 18.4 Å². The number of carbonyl (C=O) groups excluding carboxylic acids is 2. The van der Waals surface area contributed by atoms with Crippen molar-refractivity contribution in [1.82, 2.24) is 5.32 Å². The molecule has 6 heteroatoms. The summed E-state index contributed by atoms with van der Waals surface area (Å²) in [5.74, 6) is -0.806. The summed E-state index contributed by atoms with van der Waals surface area (Å²) in [6.45, 7) is 6.27. The SMILES string of the molecule is CCOC(=O)CCN/C=C(/C#N)C(=O)Nc1c(C)cccc1CC. The van der Waals surface area contributed by atoms with Crippen LogP contribution in [0.25, 0.3) is 0 Å². The quantitative estimate of drug-likeness (QED) is 0.331. The third-order valence-electron chi connectivity index (χ3n) is 3.37. The molecule has 128 valence electrons. The van der Waals surface area contributed by atoms with Crippen LogP contribution in [0.3, 0.4) is 0 Å². The molecule has 0 unspecified atom stereocenters. The van der Waals surface area contributed by atoms with Gasteiger partial charge < -0.3 is 15.4 Å². The smallest absolute Gasteiger partial charge is 0.307 e. The molecule has 0 fully saturated rings. The predicted molar refractivity (Wildman–Crippen MR) is 92.1 cm³/mol. The highest BCUT2D eigenvalue weighted by atomic mass is 16.5. The molecule has 0 atom stereocenters. The predicted octanol–water partition coefficient (Wildman–Crippen LogP) is 2.45. The van der Waals surface area contributed by atoms with Crippen molar-refractivity contribution in [3.63, 3.8) is 0 Å². The fraction of sp³-hybridized carbons (Fsp3) is 0.389. The lowest BCUT2D eigenvalue weighted by Gasteiger charge is -2.12. The third kappa shape index (κ3) is 5.76. The van der Waals surface area contributed by atoms with Gasteiger partial charge in [0.2, 0.25) is 0 Å². The molecule has 2 N–H and O–H groups in total. The first-order chi connectivity index (χ1) is 11.5. The van der Waals surface area contributed by atoms with Crippen LogP contribution in [-0.2, 0) is 20.7 Å². The Bertz CT molecular complexity index is 660. The molecule has 0 aromatic heterocycles. The van der Waals surface area contributed by atoms with E-state index in [0.717, 1.165) is 23.2 Å². The lowest BCUT2D eigenvalue weighted by molar-refractivity contribution is -0.142. The number of rotatable bonds is 8. The highest BCUT2D eigenvalue weighted by molar-refractivity contribution is 6.07. The molecular weight excluding hydrogens is 306 g/mol. The Balaban J connectivity index is 2.69. The highest BCUT2D eigenvalue weighted by Gasteiger charge is 2.13. The lowest BCUT2D eigenvalue weighted by Crippen LogP contribution is -2.20. The van der Waals surface area contributed by atoms with Crippen molar-refractivity contribution in [3.8, 4) is 6.07 Å². The number of amides is 1. The van der Waals surface area contributed by atoms with E-state index in [1.165, 1.54) is 6.20 Å². The first-order valence-corrected chi connectivity index (χ1v) is 7.92. The van der Waals surface area contributed by atoms with Crippen molar-refractivity contribution in [2.75, 3.05) is 18.5 Å². The van der Waals surface area contributed by atoms with E-state index >= 15 is 0 Å². The molecule has 0 aliphatic rings. The average molecular weight is 329 g/mol. The molecule has 0 aliphatic carbocycles. The second-order valence-corrected chi connectivity index (χ2v) is 5.10. The summed E-state index contributed by atoms with van der Waals surface area (Å²) in [6.07, 6.45) is 2.27. The molecule has 1 rings (SSSR count). The third-order valence-corrected chi connectivity index (χ3v) is 3.37. The van der Waals surface area contributed by atoms with E-state index in [9.17, 15) is 9.59 Å². The summed E-state index contributed by atoms with van der Waals surface area (Å²) >= 11 is 0. The molecule has 0 saturated heterocycles. The zero-order valence-corrected chi connectivity index (χ0v) is 14.3. The number of carbonyl (C=O) groups is 2. The van der Waals surface area contributed by atoms with E-state index in [4.69, 9.17) is 10.00 Å². The van der Waals surface area contributed by atoms with Crippen LogP contribution in [0.1, 0.15) is 31.4 Å². The first kappa shape index (κ1) is 19.2. The van der Waals surface area contributed by atoms with Gasteiger partial charge in [0.05, 0.1) is 13.0 Å². The molecule has 24 heavy (non-hydrogen) atoms. The van der Waals surface area contributed by atoms with Crippen molar-refractivity contribution in [2.45, 2.75) is 33.6 Å². The van der Waals surface area contributed by atoms with Crippen LogP contribution in [-0.4, -0.2) is 25.0 Å². The number of para-hydroxylation sites is 1. The van der Waals surface area contributed by atoms with E-state index in [-0.39, 0.29) is 18.0 Å². The van der Waals surface area contributed by atoms with Crippen LogP contribution in [0.5, 0.6) is 0 Å². The molecule has 0 saturated carbocycles. The summed E-state index contributed by atoms with van der Waals surface area (Å²) in [7, 11) is 0. The van der Waals surface area contributed by atoms with E-state index in [2.05, 4.69) is 10.6 Å². The maximum absolute atomic E-state index is 12.3. The van der Waals surface area contributed by atoms with Crippen molar-refractivity contribution in [3.05, 3.63) is 41.1 Å². The molecule has 0 spiro atoms. The molecule has 1 aromatic rings. The summed E-state index contributed by atoms with van der Waals surface area (Å²) in [5, 5.41) is 14.7. The number of esters is 1. The van der Waals surface area contributed by atoms with Crippen LogP contribution in [0.2, 0.25) is 0 Å².